The Hall–Kier alpha value is -1.67. The van der Waals surface area contributed by atoms with Gasteiger partial charge in [-0.25, -0.2) is 22.8 Å². The summed E-state index contributed by atoms with van der Waals surface area (Å²) in [5, 5.41) is 4.48. The summed E-state index contributed by atoms with van der Waals surface area (Å²) in [7, 11) is -3.65. The molecule has 0 fully saturated rings. The predicted octanol–water partition coefficient (Wildman–Crippen LogP) is 2.42. The summed E-state index contributed by atoms with van der Waals surface area (Å²) in [6, 6.07) is 1.19. The number of hydrogen-bond donors (Lipinski definition) is 1. The van der Waals surface area contributed by atoms with E-state index in [1.165, 1.54) is 0 Å². The van der Waals surface area contributed by atoms with Crippen LogP contribution < -0.4 is 4.72 Å². The first-order valence-electron chi connectivity index (χ1n) is 7.82. The molecule has 1 aliphatic rings. The normalized spacial score (nSPS) is 18.4. The Morgan fingerprint density at radius 3 is 2.74 bits per heavy atom. The molecule has 3 heterocycles. The third-order valence-electron chi connectivity index (χ3n) is 3.99. The molecular weight excluding hydrogens is 316 g/mol. The van der Waals surface area contributed by atoms with E-state index in [4.69, 9.17) is 4.42 Å². The Kier molecular flexibility index (Phi) is 4.05. The highest BCUT2D eigenvalue weighted by molar-refractivity contribution is 7.89. The van der Waals surface area contributed by atoms with Crippen molar-refractivity contribution in [1.82, 2.24) is 19.5 Å². The average molecular weight is 338 g/mol. The fourth-order valence-electron chi connectivity index (χ4n) is 2.85. The summed E-state index contributed by atoms with van der Waals surface area (Å²) in [6.45, 7) is 8.22. The lowest BCUT2D eigenvalue weighted by Crippen LogP contribution is -2.33. The number of rotatable bonds is 4. The van der Waals surface area contributed by atoms with Crippen LogP contribution in [0.15, 0.2) is 15.4 Å². The molecule has 0 amide bonds. The number of sulfonamides is 1. The molecule has 23 heavy (non-hydrogen) atoms. The zero-order valence-corrected chi connectivity index (χ0v) is 14.6. The van der Waals surface area contributed by atoms with Gasteiger partial charge in [0, 0.05) is 12.5 Å². The van der Waals surface area contributed by atoms with E-state index in [0.717, 1.165) is 18.8 Å². The first-order chi connectivity index (χ1) is 10.8. The third-order valence-corrected chi connectivity index (χ3v) is 5.57. The number of aromatic nitrogens is 3. The molecule has 126 valence electrons. The molecule has 0 unspecified atom stereocenters. The van der Waals surface area contributed by atoms with E-state index in [0.29, 0.717) is 23.8 Å². The summed E-state index contributed by atoms with van der Waals surface area (Å²) in [4.78, 5) is 4.73. The minimum absolute atomic E-state index is 0.190. The Balaban J connectivity index is 1.91. The lowest BCUT2D eigenvalue weighted by atomic mass is 10.1. The van der Waals surface area contributed by atoms with Crippen LogP contribution >= 0.6 is 0 Å². The second-order valence-corrected chi connectivity index (χ2v) is 7.98. The molecule has 3 rings (SSSR count). The minimum Gasteiger partial charge on any atom is -0.465 e. The van der Waals surface area contributed by atoms with Crippen LogP contribution in [0.3, 0.4) is 0 Å². The second kappa shape index (κ2) is 5.76. The van der Waals surface area contributed by atoms with Crippen molar-refractivity contribution in [2.24, 2.45) is 0 Å². The topological polar surface area (TPSA) is 90.0 Å². The van der Waals surface area contributed by atoms with Gasteiger partial charge >= 0.3 is 0 Å². The summed E-state index contributed by atoms with van der Waals surface area (Å²) < 4.78 is 35.2. The molecule has 0 saturated heterocycles. The average Bonchev–Trinajstić information content (AvgIpc) is 3.02. The molecule has 1 aliphatic heterocycles. The van der Waals surface area contributed by atoms with Gasteiger partial charge in [-0.2, -0.15) is 5.10 Å². The Labute approximate surface area is 136 Å². The monoisotopic (exact) mass is 338 g/mol. The summed E-state index contributed by atoms with van der Waals surface area (Å²) >= 11 is 0. The van der Waals surface area contributed by atoms with Crippen molar-refractivity contribution in [3.8, 4) is 0 Å². The lowest BCUT2D eigenvalue weighted by molar-refractivity contribution is 0.399. The zero-order chi connectivity index (χ0) is 16.8. The van der Waals surface area contributed by atoms with Gasteiger partial charge in [-0.15, -0.1) is 0 Å². The third kappa shape index (κ3) is 3.05. The van der Waals surface area contributed by atoms with Crippen LogP contribution in [-0.4, -0.2) is 23.2 Å². The number of nitrogens with zero attached hydrogens (tertiary/aromatic N) is 3. The van der Waals surface area contributed by atoms with Crippen molar-refractivity contribution >= 4 is 10.0 Å². The second-order valence-electron chi connectivity index (χ2n) is 6.30. The molecule has 2 aromatic rings. The van der Waals surface area contributed by atoms with Gasteiger partial charge in [0.2, 0.25) is 10.0 Å². The summed E-state index contributed by atoms with van der Waals surface area (Å²) in [6.07, 6.45) is 1.58. The van der Waals surface area contributed by atoms with Crippen LogP contribution in [0.1, 0.15) is 61.8 Å². The van der Waals surface area contributed by atoms with E-state index in [9.17, 15) is 8.42 Å². The first kappa shape index (κ1) is 16.2. The molecule has 0 saturated carbocycles. The van der Waals surface area contributed by atoms with Crippen LogP contribution in [0.25, 0.3) is 0 Å². The van der Waals surface area contributed by atoms with Crippen molar-refractivity contribution in [3.05, 3.63) is 29.2 Å². The molecular formula is C15H22N4O3S. The number of aryl methyl sites for hydroxylation is 3. The van der Waals surface area contributed by atoms with Gasteiger partial charge in [-0.05, 0) is 32.8 Å². The predicted molar refractivity (Wildman–Crippen MR) is 84.6 cm³/mol. The molecule has 0 bridgehead atoms. The Morgan fingerprint density at radius 1 is 1.39 bits per heavy atom. The van der Waals surface area contributed by atoms with Crippen molar-refractivity contribution in [2.75, 3.05) is 0 Å². The van der Waals surface area contributed by atoms with Crippen molar-refractivity contribution in [1.29, 1.82) is 0 Å². The highest BCUT2D eigenvalue weighted by Crippen LogP contribution is 2.28. The van der Waals surface area contributed by atoms with Gasteiger partial charge in [0.15, 0.2) is 5.82 Å². The van der Waals surface area contributed by atoms with E-state index in [-0.39, 0.29) is 16.9 Å². The lowest BCUT2D eigenvalue weighted by Gasteiger charge is -2.22. The standard InChI is InChI=1S/C15H22N4O3S/c1-9(2)14-16-15-12(6-5-7-19(15)17-14)18-23(20,21)13-8-10(3)22-11(13)4/h8-9,12,18H,5-7H2,1-4H3/t12-/m0/s1. The smallest absolute Gasteiger partial charge is 0.244 e. The van der Waals surface area contributed by atoms with Crippen LogP contribution in [-0.2, 0) is 16.6 Å². The fraction of sp³-hybridized carbons (Fsp3) is 0.600. The Bertz CT molecular complexity index is 820. The van der Waals surface area contributed by atoms with E-state index >= 15 is 0 Å². The largest absolute Gasteiger partial charge is 0.465 e. The number of fused-ring (bicyclic) bond motifs is 1. The van der Waals surface area contributed by atoms with E-state index < -0.39 is 10.0 Å². The van der Waals surface area contributed by atoms with Crippen LogP contribution in [0.2, 0.25) is 0 Å². The highest BCUT2D eigenvalue weighted by Gasteiger charge is 2.30. The van der Waals surface area contributed by atoms with Gasteiger partial charge in [0.1, 0.15) is 22.2 Å². The maximum atomic E-state index is 12.7. The number of hydrogen-bond acceptors (Lipinski definition) is 5. The SMILES string of the molecule is Cc1cc(S(=O)(=O)N[C@H]2CCCn3nc(C(C)C)nc32)c(C)o1. The fourth-order valence-corrected chi connectivity index (χ4v) is 4.32. The quantitative estimate of drug-likeness (QED) is 0.924. The van der Waals surface area contributed by atoms with Crippen LogP contribution in [0.4, 0.5) is 0 Å². The molecule has 7 nitrogen and oxygen atoms in total. The molecule has 1 atom stereocenters. The van der Waals surface area contributed by atoms with E-state index in [1.54, 1.807) is 19.9 Å². The van der Waals surface area contributed by atoms with Gasteiger partial charge in [-0.3, -0.25) is 0 Å². The molecule has 0 radical (unpaired) electrons. The maximum absolute atomic E-state index is 12.7. The summed E-state index contributed by atoms with van der Waals surface area (Å²) in [5.74, 6) is 2.64. The van der Waals surface area contributed by atoms with Crippen LogP contribution in [0, 0.1) is 13.8 Å². The van der Waals surface area contributed by atoms with Crippen molar-refractivity contribution < 1.29 is 12.8 Å². The van der Waals surface area contributed by atoms with Crippen LogP contribution in [0.5, 0.6) is 0 Å². The molecule has 0 spiro atoms. The molecule has 2 aromatic heterocycles. The highest BCUT2D eigenvalue weighted by atomic mass is 32.2. The van der Waals surface area contributed by atoms with Gasteiger partial charge in [-0.1, -0.05) is 13.8 Å². The van der Waals surface area contributed by atoms with Gasteiger partial charge in [0.25, 0.3) is 0 Å². The summed E-state index contributed by atoms with van der Waals surface area (Å²) in [5.41, 5.74) is 0. The minimum atomic E-state index is -3.65. The van der Waals surface area contributed by atoms with Crippen molar-refractivity contribution in [2.45, 2.75) is 63.9 Å². The van der Waals surface area contributed by atoms with Gasteiger partial charge in [0.05, 0.1) is 6.04 Å². The molecule has 1 N–H and O–H groups in total. The van der Waals surface area contributed by atoms with E-state index in [1.807, 2.05) is 18.5 Å². The Morgan fingerprint density at radius 2 is 2.13 bits per heavy atom. The molecule has 0 aliphatic carbocycles. The van der Waals surface area contributed by atoms with Gasteiger partial charge < -0.3 is 4.42 Å². The zero-order valence-electron chi connectivity index (χ0n) is 13.8. The van der Waals surface area contributed by atoms with E-state index in [2.05, 4.69) is 14.8 Å². The molecule has 0 aromatic carbocycles. The van der Waals surface area contributed by atoms with Crippen molar-refractivity contribution in [3.63, 3.8) is 0 Å². The number of nitrogens with one attached hydrogen (secondary N) is 1. The maximum Gasteiger partial charge on any atom is 0.244 e. The number of furan rings is 1. The molecule has 8 heteroatoms. The first-order valence-corrected chi connectivity index (χ1v) is 9.30.